The molecule has 0 amide bonds. The van der Waals surface area contributed by atoms with Crippen LogP contribution in [0.15, 0.2) is 0 Å². The van der Waals surface area contributed by atoms with Crippen LogP contribution in [0.5, 0.6) is 0 Å². The molecule has 0 aliphatic carbocycles. The van der Waals surface area contributed by atoms with Crippen molar-refractivity contribution in [3.05, 3.63) is 0 Å². The molecule has 0 bridgehead atoms. The predicted molar refractivity (Wildman–Crippen MR) is 34.1 cm³/mol. The van der Waals surface area contributed by atoms with Crippen LogP contribution in [-0.2, 0) is 4.79 Å². The van der Waals surface area contributed by atoms with Crippen molar-refractivity contribution in [2.45, 2.75) is 6.10 Å². The number of hydrogen-bond acceptors (Lipinski definition) is 4. The summed E-state index contributed by atoms with van der Waals surface area (Å²) in [5, 5.41) is 16.4. The quantitative estimate of drug-likeness (QED) is 0.433. The molecule has 2 N–H and O–H groups in total. The maximum absolute atomic E-state index is 8.34. The molecule has 0 saturated carbocycles. The largest absolute Gasteiger partial charge is 0.394 e. The summed E-state index contributed by atoms with van der Waals surface area (Å²) in [5.41, 5.74) is 0. The lowest BCUT2D eigenvalue weighted by Gasteiger charge is -1.96. The van der Waals surface area contributed by atoms with Crippen molar-refractivity contribution in [3.63, 3.8) is 0 Å². The fourth-order valence-corrected chi connectivity index (χ4v) is 0.173. The molecule has 0 heterocycles. The fraction of sp³-hybridized carbons (Fsp3) is 0.750. The first-order valence-corrected chi connectivity index (χ1v) is 2.63. The van der Waals surface area contributed by atoms with E-state index in [1.54, 1.807) is 0 Å². The van der Waals surface area contributed by atoms with Crippen molar-refractivity contribution < 1.29 is 15.0 Å². The summed E-state index contributed by atoms with van der Waals surface area (Å²) < 4.78 is 0. The molecule has 1 atom stereocenters. The molecule has 3 nitrogen and oxygen atoms in total. The van der Waals surface area contributed by atoms with E-state index in [0.29, 0.717) is 5.75 Å². The molecule has 50 valence electrons. The van der Waals surface area contributed by atoms with Crippen LogP contribution >= 0.6 is 12.6 Å². The van der Waals surface area contributed by atoms with Crippen LogP contribution in [0.3, 0.4) is 0 Å². The maximum Gasteiger partial charge on any atom is 0.106 e. The molecule has 0 spiro atoms. The number of thiol groups is 1. The van der Waals surface area contributed by atoms with Gasteiger partial charge < -0.3 is 15.0 Å². The number of aliphatic hydroxyl groups excluding tert-OH is 2. The summed E-state index contributed by atoms with van der Waals surface area (Å²) in [6.07, 6.45) is -0.645. The van der Waals surface area contributed by atoms with Gasteiger partial charge in [0, 0.05) is 5.75 Å². The topological polar surface area (TPSA) is 57.5 Å². The van der Waals surface area contributed by atoms with Crippen LogP contribution in [0.2, 0.25) is 0 Å². The highest BCUT2D eigenvalue weighted by atomic mass is 32.1. The number of rotatable bonds is 2. The minimum absolute atomic E-state index is 0.191. The third kappa shape index (κ3) is 9.34. The summed E-state index contributed by atoms with van der Waals surface area (Å²) in [4.78, 5) is 8.00. The summed E-state index contributed by atoms with van der Waals surface area (Å²) in [7, 11) is 0. The van der Waals surface area contributed by atoms with E-state index in [4.69, 9.17) is 15.0 Å². The minimum Gasteiger partial charge on any atom is -0.394 e. The number of hydrogen-bond donors (Lipinski definition) is 3. The second-order valence-corrected chi connectivity index (χ2v) is 1.38. The van der Waals surface area contributed by atoms with Crippen molar-refractivity contribution in [3.8, 4) is 0 Å². The highest BCUT2D eigenvalue weighted by Gasteiger charge is 1.92. The van der Waals surface area contributed by atoms with E-state index in [9.17, 15) is 0 Å². The monoisotopic (exact) mass is 138 g/mol. The van der Waals surface area contributed by atoms with Gasteiger partial charge in [-0.15, -0.1) is 0 Å². The molecule has 0 aliphatic heterocycles. The Bertz CT molecular complexity index is 38.3. The highest BCUT2D eigenvalue weighted by Crippen LogP contribution is 1.81. The average molecular weight is 138 g/mol. The van der Waals surface area contributed by atoms with Gasteiger partial charge in [-0.05, 0) is 0 Å². The Labute approximate surface area is 53.7 Å². The van der Waals surface area contributed by atoms with Crippen molar-refractivity contribution in [2.24, 2.45) is 0 Å². The Morgan fingerprint density at radius 2 is 2.00 bits per heavy atom. The van der Waals surface area contributed by atoms with Crippen LogP contribution in [0.4, 0.5) is 0 Å². The second kappa shape index (κ2) is 10.0. The van der Waals surface area contributed by atoms with Crippen molar-refractivity contribution in [1.82, 2.24) is 0 Å². The van der Waals surface area contributed by atoms with E-state index in [0.717, 1.165) is 0 Å². The van der Waals surface area contributed by atoms with Gasteiger partial charge in [0.25, 0.3) is 0 Å². The zero-order chi connectivity index (χ0) is 6.99. The number of aliphatic hydroxyl groups is 2. The maximum atomic E-state index is 8.34. The van der Waals surface area contributed by atoms with Gasteiger partial charge in [-0.3, -0.25) is 0 Å². The standard InChI is InChI=1S/C3H8O2S.CH2O/c4-1-3(5)2-6;1-2/h3-6H,1-2H2;1H2. The lowest BCUT2D eigenvalue weighted by molar-refractivity contribution is -0.0979. The van der Waals surface area contributed by atoms with Crippen molar-refractivity contribution in [1.29, 1.82) is 0 Å². The molecule has 8 heavy (non-hydrogen) atoms. The smallest absolute Gasteiger partial charge is 0.106 e. The summed E-state index contributed by atoms with van der Waals surface area (Å²) in [5.74, 6) is 0.330. The van der Waals surface area contributed by atoms with E-state index in [1.807, 2.05) is 6.79 Å². The van der Waals surface area contributed by atoms with E-state index in [2.05, 4.69) is 12.6 Å². The van der Waals surface area contributed by atoms with Gasteiger partial charge in [0.05, 0.1) is 12.7 Å². The number of carbonyl (C=O) groups excluding carboxylic acids is 1. The van der Waals surface area contributed by atoms with Gasteiger partial charge >= 0.3 is 0 Å². The summed E-state index contributed by atoms with van der Waals surface area (Å²) in [6, 6.07) is 0. The van der Waals surface area contributed by atoms with E-state index in [1.165, 1.54) is 0 Å². The van der Waals surface area contributed by atoms with Gasteiger partial charge in [-0.2, -0.15) is 12.6 Å². The predicted octanol–water partition coefficient (Wildman–Crippen LogP) is -0.915. The molecule has 0 aliphatic rings. The Hall–Kier alpha value is -0.0600. The Morgan fingerprint density at radius 3 is 2.00 bits per heavy atom. The van der Waals surface area contributed by atoms with Gasteiger partial charge in [0.1, 0.15) is 6.79 Å². The SMILES string of the molecule is C=O.OCC(O)CS. The third-order valence-corrected chi connectivity index (χ3v) is 0.843. The third-order valence-electron chi connectivity index (χ3n) is 0.421. The average Bonchev–Trinajstić information content (AvgIpc) is 1.91. The molecule has 0 aromatic rings. The molecular weight excluding hydrogens is 128 g/mol. The van der Waals surface area contributed by atoms with Crippen LogP contribution < -0.4 is 0 Å². The first kappa shape index (κ1) is 10.8. The zero-order valence-electron chi connectivity index (χ0n) is 4.45. The van der Waals surface area contributed by atoms with Crippen LogP contribution in [-0.4, -0.2) is 35.5 Å². The molecule has 0 rings (SSSR count). The van der Waals surface area contributed by atoms with Gasteiger partial charge in [0.15, 0.2) is 0 Å². The Balaban J connectivity index is 0. The van der Waals surface area contributed by atoms with Gasteiger partial charge in [-0.25, -0.2) is 0 Å². The van der Waals surface area contributed by atoms with Gasteiger partial charge in [0.2, 0.25) is 0 Å². The van der Waals surface area contributed by atoms with E-state index in [-0.39, 0.29) is 6.61 Å². The van der Waals surface area contributed by atoms with E-state index >= 15 is 0 Å². The molecule has 0 aromatic carbocycles. The normalized spacial score (nSPS) is 11.4. The zero-order valence-corrected chi connectivity index (χ0v) is 5.34. The van der Waals surface area contributed by atoms with Gasteiger partial charge in [-0.1, -0.05) is 0 Å². The van der Waals surface area contributed by atoms with Crippen molar-refractivity contribution >= 4 is 19.4 Å². The molecule has 1 unspecified atom stereocenters. The Morgan fingerprint density at radius 1 is 1.62 bits per heavy atom. The lowest BCUT2D eigenvalue weighted by Crippen LogP contribution is -2.12. The highest BCUT2D eigenvalue weighted by molar-refractivity contribution is 7.80. The van der Waals surface area contributed by atoms with Crippen LogP contribution in [0.1, 0.15) is 0 Å². The first-order chi connectivity index (χ1) is 3.81. The summed E-state index contributed by atoms with van der Waals surface area (Å²) in [6.45, 7) is 1.81. The fourth-order valence-electron chi connectivity index (χ4n) is 0.0577. The number of carbonyl (C=O) groups is 1. The molecule has 0 fully saturated rings. The Kier molecular flexibility index (Phi) is 13.6. The first-order valence-electron chi connectivity index (χ1n) is 2.00. The van der Waals surface area contributed by atoms with Crippen LogP contribution in [0.25, 0.3) is 0 Å². The molecule has 4 heteroatoms. The van der Waals surface area contributed by atoms with Crippen LogP contribution in [0, 0.1) is 0 Å². The lowest BCUT2D eigenvalue weighted by atomic mass is 10.4. The van der Waals surface area contributed by atoms with Crippen molar-refractivity contribution in [2.75, 3.05) is 12.4 Å². The van der Waals surface area contributed by atoms with E-state index < -0.39 is 6.10 Å². The summed E-state index contributed by atoms with van der Waals surface area (Å²) >= 11 is 3.69. The minimum atomic E-state index is -0.645. The second-order valence-electron chi connectivity index (χ2n) is 1.02. The molecule has 0 aromatic heterocycles. The molecule has 0 radical (unpaired) electrons. The molecular formula is C4H10O3S. The molecule has 0 saturated heterocycles.